The second-order valence-corrected chi connectivity index (χ2v) is 9.23. The highest BCUT2D eigenvalue weighted by molar-refractivity contribution is 7.22. The molecule has 32 heavy (non-hydrogen) atoms. The molecule has 1 aliphatic heterocycles. The van der Waals surface area contributed by atoms with Crippen molar-refractivity contribution in [2.45, 2.75) is 6.54 Å². The van der Waals surface area contributed by atoms with Crippen LogP contribution in [0, 0.1) is 0 Å². The van der Waals surface area contributed by atoms with Gasteiger partial charge in [0.15, 0.2) is 0 Å². The van der Waals surface area contributed by atoms with Crippen molar-refractivity contribution in [3.05, 3.63) is 78.6 Å². The molecule has 0 atom stereocenters. The monoisotopic (exact) mass is 440 g/mol. The van der Waals surface area contributed by atoms with Crippen LogP contribution in [-0.2, 0) is 11.3 Å². The second kappa shape index (κ2) is 8.39. The molecule has 0 aliphatic carbocycles. The Morgan fingerprint density at radius 2 is 1.84 bits per heavy atom. The van der Waals surface area contributed by atoms with E-state index >= 15 is 0 Å². The number of morpholine rings is 1. The molecule has 4 heterocycles. The molecule has 5 aromatic rings. The minimum absolute atomic E-state index is 0.837. The van der Waals surface area contributed by atoms with E-state index in [1.807, 2.05) is 12.4 Å². The molecule has 5 nitrogen and oxygen atoms in total. The lowest BCUT2D eigenvalue weighted by Crippen LogP contribution is -2.35. The molecule has 160 valence electrons. The van der Waals surface area contributed by atoms with E-state index in [1.54, 1.807) is 11.3 Å². The lowest BCUT2D eigenvalue weighted by molar-refractivity contribution is 0.0342. The number of rotatable bonds is 5. The van der Waals surface area contributed by atoms with E-state index in [4.69, 9.17) is 4.74 Å². The molecule has 1 fully saturated rings. The Hall–Kier alpha value is -3.19. The van der Waals surface area contributed by atoms with Gasteiger partial charge in [-0.05, 0) is 52.9 Å². The quantitative estimate of drug-likeness (QED) is 0.351. The third-order valence-corrected chi connectivity index (χ3v) is 7.20. The van der Waals surface area contributed by atoms with Crippen LogP contribution in [0.3, 0.4) is 0 Å². The van der Waals surface area contributed by atoms with Gasteiger partial charge in [-0.25, -0.2) is 4.98 Å². The minimum atomic E-state index is 0.837. The van der Waals surface area contributed by atoms with Crippen LogP contribution in [0.4, 0.5) is 11.5 Å². The largest absolute Gasteiger partial charge is 0.379 e. The van der Waals surface area contributed by atoms with E-state index in [-0.39, 0.29) is 0 Å². The van der Waals surface area contributed by atoms with Gasteiger partial charge in [-0.15, -0.1) is 11.3 Å². The van der Waals surface area contributed by atoms with Gasteiger partial charge < -0.3 is 15.0 Å². The molecular formula is C26H24N4OS. The van der Waals surface area contributed by atoms with E-state index in [0.717, 1.165) is 49.9 Å². The van der Waals surface area contributed by atoms with Crippen molar-refractivity contribution in [3.63, 3.8) is 0 Å². The Balaban J connectivity index is 1.25. The Bertz CT molecular complexity index is 1370. The fourth-order valence-corrected chi connectivity index (χ4v) is 5.36. The molecule has 0 saturated carbocycles. The summed E-state index contributed by atoms with van der Waals surface area (Å²) >= 11 is 1.78. The number of benzene rings is 2. The first-order valence-electron chi connectivity index (χ1n) is 10.9. The number of aromatic amines is 1. The number of ether oxygens (including phenoxy) is 1. The third kappa shape index (κ3) is 3.88. The number of pyridine rings is 1. The first-order chi connectivity index (χ1) is 15.8. The summed E-state index contributed by atoms with van der Waals surface area (Å²) in [6, 6.07) is 21.7. The molecule has 3 aromatic heterocycles. The summed E-state index contributed by atoms with van der Waals surface area (Å²) in [4.78, 5) is 11.6. The second-order valence-electron chi connectivity index (χ2n) is 8.18. The SMILES string of the molecule is c1cc2cc(-c3ccc(CN4CCOCC4)cc3)sc2c(Nc2ccc3[nH]ccc3c2)n1. The summed E-state index contributed by atoms with van der Waals surface area (Å²) in [5, 5.41) is 5.91. The van der Waals surface area contributed by atoms with Crippen LogP contribution >= 0.6 is 11.3 Å². The van der Waals surface area contributed by atoms with Crippen molar-refractivity contribution in [1.82, 2.24) is 14.9 Å². The van der Waals surface area contributed by atoms with Gasteiger partial charge in [0.1, 0.15) is 5.82 Å². The lowest BCUT2D eigenvalue weighted by atomic mass is 10.1. The minimum Gasteiger partial charge on any atom is -0.379 e. The normalized spacial score (nSPS) is 14.9. The number of fused-ring (bicyclic) bond motifs is 2. The number of aromatic nitrogens is 2. The summed E-state index contributed by atoms with van der Waals surface area (Å²) in [6.45, 7) is 4.68. The van der Waals surface area contributed by atoms with Crippen molar-refractivity contribution in [1.29, 1.82) is 0 Å². The van der Waals surface area contributed by atoms with Crippen LogP contribution in [0.1, 0.15) is 5.56 Å². The predicted octanol–water partition coefficient (Wildman–Crippen LogP) is 6.02. The van der Waals surface area contributed by atoms with Crippen LogP contribution < -0.4 is 5.32 Å². The molecule has 6 heteroatoms. The van der Waals surface area contributed by atoms with Gasteiger partial charge in [0.25, 0.3) is 0 Å². The molecule has 2 aromatic carbocycles. The van der Waals surface area contributed by atoms with Crippen LogP contribution in [-0.4, -0.2) is 41.2 Å². The van der Waals surface area contributed by atoms with Crippen molar-refractivity contribution in [2.75, 3.05) is 31.6 Å². The Labute approximate surface area is 190 Å². The highest BCUT2D eigenvalue weighted by atomic mass is 32.1. The smallest absolute Gasteiger partial charge is 0.148 e. The molecule has 0 amide bonds. The highest BCUT2D eigenvalue weighted by Crippen LogP contribution is 2.37. The summed E-state index contributed by atoms with van der Waals surface area (Å²) in [5.74, 6) is 0.901. The first kappa shape index (κ1) is 19.5. The van der Waals surface area contributed by atoms with Gasteiger partial charge in [-0.3, -0.25) is 4.90 Å². The summed E-state index contributed by atoms with van der Waals surface area (Å²) in [6.07, 6.45) is 3.84. The number of hydrogen-bond donors (Lipinski definition) is 2. The molecule has 2 N–H and O–H groups in total. The molecule has 0 spiro atoms. The maximum absolute atomic E-state index is 5.45. The zero-order chi connectivity index (χ0) is 21.3. The molecular weight excluding hydrogens is 416 g/mol. The van der Waals surface area contributed by atoms with Gasteiger partial charge in [0.05, 0.1) is 17.9 Å². The summed E-state index contributed by atoms with van der Waals surface area (Å²) in [7, 11) is 0. The van der Waals surface area contributed by atoms with Gasteiger partial charge in [-0.1, -0.05) is 24.3 Å². The average Bonchev–Trinajstić information content (AvgIpc) is 3.47. The molecule has 1 aliphatic rings. The van der Waals surface area contributed by atoms with Gasteiger partial charge >= 0.3 is 0 Å². The summed E-state index contributed by atoms with van der Waals surface area (Å²) < 4.78 is 6.63. The Morgan fingerprint density at radius 1 is 0.969 bits per heavy atom. The molecule has 0 bridgehead atoms. The predicted molar refractivity (Wildman–Crippen MR) is 133 cm³/mol. The number of hydrogen-bond acceptors (Lipinski definition) is 5. The maximum Gasteiger partial charge on any atom is 0.148 e. The fourth-order valence-electron chi connectivity index (χ4n) is 4.26. The Morgan fingerprint density at radius 3 is 2.72 bits per heavy atom. The van der Waals surface area contributed by atoms with Gasteiger partial charge in [0, 0.05) is 53.5 Å². The van der Waals surface area contributed by atoms with Gasteiger partial charge in [0.2, 0.25) is 0 Å². The standard InChI is InChI=1S/C26H24N4OS/c1-3-19(4-2-18(1)17-30-11-13-31-14-12-30)24-16-21-8-10-28-26(25(21)32-24)29-22-5-6-23-20(15-22)7-9-27-23/h1-10,15-16,27H,11-14,17H2,(H,28,29). The molecule has 0 unspecified atom stereocenters. The van der Waals surface area contributed by atoms with E-state index in [2.05, 4.69) is 80.8 Å². The molecule has 6 rings (SSSR count). The highest BCUT2D eigenvalue weighted by Gasteiger charge is 2.12. The van der Waals surface area contributed by atoms with Crippen LogP contribution in [0.2, 0.25) is 0 Å². The molecule has 0 radical (unpaired) electrons. The van der Waals surface area contributed by atoms with E-state index in [9.17, 15) is 0 Å². The van der Waals surface area contributed by atoms with Crippen molar-refractivity contribution < 1.29 is 4.74 Å². The molecule has 1 saturated heterocycles. The number of thiophene rings is 1. The van der Waals surface area contributed by atoms with Crippen LogP contribution in [0.5, 0.6) is 0 Å². The number of anilines is 2. The summed E-state index contributed by atoms with van der Waals surface area (Å²) in [5.41, 5.74) is 4.77. The maximum atomic E-state index is 5.45. The van der Waals surface area contributed by atoms with Crippen LogP contribution in [0.25, 0.3) is 31.4 Å². The zero-order valence-electron chi connectivity index (χ0n) is 17.7. The van der Waals surface area contributed by atoms with E-state index in [1.165, 1.54) is 31.5 Å². The first-order valence-corrected chi connectivity index (χ1v) is 11.8. The lowest BCUT2D eigenvalue weighted by Gasteiger charge is -2.26. The topological polar surface area (TPSA) is 53.2 Å². The average molecular weight is 441 g/mol. The zero-order valence-corrected chi connectivity index (χ0v) is 18.5. The van der Waals surface area contributed by atoms with E-state index in [0.29, 0.717) is 0 Å². The van der Waals surface area contributed by atoms with E-state index < -0.39 is 0 Å². The Kier molecular flexibility index (Phi) is 5.11. The fraction of sp³-hybridized carbons (Fsp3) is 0.192. The number of nitrogens with one attached hydrogen (secondary N) is 2. The third-order valence-electron chi connectivity index (χ3n) is 6.00. The van der Waals surface area contributed by atoms with Crippen molar-refractivity contribution in [2.24, 2.45) is 0 Å². The van der Waals surface area contributed by atoms with Crippen molar-refractivity contribution >= 4 is 43.8 Å². The van der Waals surface area contributed by atoms with Gasteiger partial charge in [-0.2, -0.15) is 0 Å². The number of H-pyrrole nitrogens is 1. The number of nitrogens with zero attached hydrogens (tertiary/aromatic N) is 2. The van der Waals surface area contributed by atoms with Crippen LogP contribution in [0.15, 0.2) is 73.1 Å². The van der Waals surface area contributed by atoms with Crippen molar-refractivity contribution in [3.8, 4) is 10.4 Å².